The van der Waals surface area contributed by atoms with E-state index in [1.165, 1.54) is 122 Å². The summed E-state index contributed by atoms with van der Waals surface area (Å²) in [4.78, 5) is 12.8. The zero-order valence-corrected chi connectivity index (χ0v) is 31.6. The van der Waals surface area contributed by atoms with Crippen molar-refractivity contribution in [2.45, 2.75) is 202 Å². The van der Waals surface area contributed by atoms with Gasteiger partial charge in [-0.15, -0.1) is 0 Å². The largest absolute Gasteiger partial charge is 0.462 e. The minimum atomic E-state index is 0.0534. The fourth-order valence-electron chi connectivity index (χ4n) is 11.2. The van der Waals surface area contributed by atoms with Gasteiger partial charge in [0.2, 0.25) is 0 Å². The molecule has 4 aliphatic rings. The summed E-state index contributed by atoms with van der Waals surface area (Å²) < 4.78 is 6.12. The van der Waals surface area contributed by atoms with Crippen molar-refractivity contribution in [1.82, 2.24) is 0 Å². The molecule has 8 atom stereocenters. The van der Waals surface area contributed by atoms with Crippen molar-refractivity contribution < 1.29 is 9.53 Å². The normalized spacial score (nSPS) is 33.0. The first-order valence-corrected chi connectivity index (χ1v) is 20.7. The van der Waals surface area contributed by atoms with Crippen LogP contribution in [0.25, 0.3) is 0 Å². The lowest BCUT2D eigenvalue weighted by atomic mass is 9.47. The second-order valence-electron chi connectivity index (χ2n) is 17.6. The monoisotopic (exact) mass is 637 g/mol. The Morgan fingerprint density at radius 3 is 2.24 bits per heavy atom. The van der Waals surface area contributed by atoms with Crippen LogP contribution in [0.5, 0.6) is 0 Å². The number of unbranched alkanes of at least 4 members (excludes halogenated alkanes) is 10. The molecule has 4 aliphatic carbocycles. The first-order chi connectivity index (χ1) is 22.2. The molecule has 3 fully saturated rings. The van der Waals surface area contributed by atoms with Gasteiger partial charge in [0.15, 0.2) is 0 Å². The molecule has 0 amide bonds. The highest BCUT2D eigenvalue weighted by molar-refractivity contribution is 5.69. The van der Waals surface area contributed by atoms with E-state index >= 15 is 0 Å². The molecule has 0 radical (unpaired) electrons. The van der Waals surface area contributed by atoms with Crippen LogP contribution in [-0.2, 0) is 9.53 Å². The summed E-state index contributed by atoms with van der Waals surface area (Å²) in [5.74, 6) is 5.31. The van der Waals surface area contributed by atoms with Crippen LogP contribution in [0.1, 0.15) is 196 Å². The fourth-order valence-corrected chi connectivity index (χ4v) is 11.2. The van der Waals surface area contributed by atoms with Crippen molar-refractivity contribution in [1.29, 1.82) is 0 Å². The van der Waals surface area contributed by atoms with Crippen LogP contribution in [-0.4, -0.2) is 12.1 Å². The van der Waals surface area contributed by atoms with Crippen molar-refractivity contribution in [2.24, 2.45) is 46.3 Å². The van der Waals surface area contributed by atoms with E-state index in [9.17, 15) is 4.79 Å². The minimum Gasteiger partial charge on any atom is -0.462 e. The highest BCUT2D eigenvalue weighted by Crippen LogP contribution is 2.67. The fraction of sp³-hybridized carbons (Fsp3) is 0.886. The Balaban J connectivity index is 1.14. The van der Waals surface area contributed by atoms with Gasteiger partial charge in [-0.2, -0.15) is 0 Å². The predicted molar refractivity (Wildman–Crippen MR) is 198 cm³/mol. The highest BCUT2D eigenvalue weighted by Gasteiger charge is 2.59. The van der Waals surface area contributed by atoms with Gasteiger partial charge in [-0.25, -0.2) is 0 Å². The van der Waals surface area contributed by atoms with Crippen LogP contribution >= 0.6 is 0 Å². The topological polar surface area (TPSA) is 26.3 Å². The molecule has 1 unspecified atom stereocenters. The number of allylic oxidation sites excluding steroid dienone is 3. The van der Waals surface area contributed by atoms with Gasteiger partial charge in [0, 0.05) is 12.8 Å². The molecule has 0 spiro atoms. The summed E-state index contributed by atoms with van der Waals surface area (Å²) >= 11 is 0. The van der Waals surface area contributed by atoms with Gasteiger partial charge in [-0.1, -0.05) is 130 Å². The Morgan fingerprint density at radius 1 is 0.826 bits per heavy atom. The lowest BCUT2D eigenvalue weighted by Gasteiger charge is -2.58. The molecule has 0 heterocycles. The van der Waals surface area contributed by atoms with Crippen molar-refractivity contribution in [3.8, 4) is 0 Å². The highest BCUT2D eigenvalue weighted by atomic mass is 16.5. The molecule has 0 bridgehead atoms. The van der Waals surface area contributed by atoms with Crippen LogP contribution in [0.2, 0.25) is 0 Å². The molecule has 0 aliphatic heterocycles. The second kappa shape index (κ2) is 18.6. The number of carbonyl (C=O) groups is 1. The zero-order valence-electron chi connectivity index (χ0n) is 31.6. The summed E-state index contributed by atoms with van der Waals surface area (Å²) in [6, 6.07) is 0. The molecule has 0 saturated heterocycles. The van der Waals surface area contributed by atoms with E-state index in [4.69, 9.17) is 4.74 Å². The molecular formula is C44H76O2. The van der Waals surface area contributed by atoms with Gasteiger partial charge in [-0.3, -0.25) is 4.79 Å². The number of ether oxygens (including phenoxy) is 1. The average Bonchev–Trinajstić information content (AvgIpc) is 3.38. The van der Waals surface area contributed by atoms with Crippen LogP contribution in [0.4, 0.5) is 0 Å². The van der Waals surface area contributed by atoms with E-state index < -0.39 is 0 Å². The second-order valence-corrected chi connectivity index (χ2v) is 17.6. The number of hydrogen-bond acceptors (Lipinski definition) is 2. The van der Waals surface area contributed by atoms with Gasteiger partial charge >= 0.3 is 5.97 Å². The summed E-state index contributed by atoms with van der Waals surface area (Å²) in [7, 11) is 0. The Hall–Kier alpha value is -1.05. The van der Waals surface area contributed by atoms with Gasteiger partial charge in [0.05, 0.1) is 0 Å². The third kappa shape index (κ3) is 10.00. The van der Waals surface area contributed by atoms with Gasteiger partial charge in [0.25, 0.3) is 0 Å². The van der Waals surface area contributed by atoms with Crippen molar-refractivity contribution >= 4 is 5.97 Å². The molecule has 2 nitrogen and oxygen atoms in total. The summed E-state index contributed by atoms with van der Waals surface area (Å²) in [5, 5.41) is 0. The Morgan fingerprint density at radius 2 is 1.52 bits per heavy atom. The molecule has 0 N–H and O–H groups in total. The lowest BCUT2D eigenvalue weighted by Crippen LogP contribution is -2.51. The van der Waals surface area contributed by atoms with Crippen LogP contribution in [0.3, 0.4) is 0 Å². The lowest BCUT2D eigenvalue weighted by molar-refractivity contribution is -0.151. The average molecular weight is 637 g/mol. The molecule has 2 heteroatoms. The SMILES string of the molecule is CCCCCCC/C=C/CCCCCCCC(=O)O[C@H]1CC[C@@]2(C)C(=CC[C@@H]3[C@@H]2CC[C@]2(C)C([C@H](C)CCCC(C)C)CC[C@@H]32)C1. The van der Waals surface area contributed by atoms with E-state index in [-0.39, 0.29) is 12.1 Å². The molecule has 0 aromatic carbocycles. The Labute approximate surface area is 286 Å². The number of fused-ring (bicyclic) bond motifs is 5. The smallest absolute Gasteiger partial charge is 0.306 e. The molecule has 0 aromatic heterocycles. The molecule has 46 heavy (non-hydrogen) atoms. The zero-order chi connectivity index (χ0) is 33.0. The maximum atomic E-state index is 12.8. The Kier molecular flexibility index (Phi) is 15.3. The summed E-state index contributed by atoms with van der Waals surface area (Å²) in [6.45, 7) is 14.9. The van der Waals surface area contributed by atoms with Crippen LogP contribution in [0, 0.1) is 46.3 Å². The van der Waals surface area contributed by atoms with Crippen LogP contribution < -0.4 is 0 Å². The summed E-state index contributed by atoms with van der Waals surface area (Å²) in [5.41, 5.74) is 2.53. The van der Waals surface area contributed by atoms with E-state index in [2.05, 4.69) is 59.8 Å². The van der Waals surface area contributed by atoms with E-state index in [1.54, 1.807) is 5.57 Å². The van der Waals surface area contributed by atoms with Crippen molar-refractivity contribution in [3.63, 3.8) is 0 Å². The molecule has 264 valence electrons. The van der Waals surface area contributed by atoms with Gasteiger partial charge in [0.1, 0.15) is 6.10 Å². The van der Waals surface area contributed by atoms with Gasteiger partial charge < -0.3 is 4.74 Å². The maximum Gasteiger partial charge on any atom is 0.306 e. The first-order valence-electron chi connectivity index (χ1n) is 20.7. The predicted octanol–water partition coefficient (Wildman–Crippen LogP) is 13.6. The third-order valence-corrected chi connectivity index (χ3v) is 14.0. The van der Waals surface area contributed by atoms with Crippen molar-refractivity contribution in [2.75, 3.05) is 0 Å². The van der Waals surface area contributed by atoms with E-state index in [0.717, 1.165) is 61.2 Å². The summed E-state index contributed by atoms with van der Waals surface area (Å²) in [6.07, 6.45) is 38.0. The number of carbonyl (C=O) groups excluding carboxylic acids is 1. The van der Waals surface area contributed by atoms with E-state index in [1.807, 2.05) is 0 Å². The standard InChI is InChI=1S/C44H76O2/c1-7-8-9-10-11-12-13-14-15-16-17-18-19-20-24-42(45)46-37-29-31-43(5)36(33-37)25-26-38-40-28-27-39(35(4)23-21-22-34(2)3)44(40,6)32-30-41(38)43/h13-14,25,34-35,37-41H,7-12,15-24,26-33H2,1-6H3/b14-13+/t35-,37+,38+,39?,40+,41+,43+,44-/m1/s1. The molecule has 0 aromatic rings. The third-order valence-electron chi connectivity index (χ3n) is 14.0. The quantitative estimate of drug-likeness (QED) is 0.0755. The van der Waals surface area contributed by atoms with E-state index in [0.29, 0.717) is 17.3 Å². The minimum absolute atomic E-state index is 0.0534. The number of rotatable bonds is 20. The van der Waals surface area contributed by atoms with Crippen molar-refractivity contribution in [3.05, 3.63) is 23.8 Å². The Bertz CT molecular complexity index is 961. The maximum absolute atomic E-state index is 12.8. The van der Waals surface area contributed by atoms with Crippen LogP contribution in [0.15, 0.2) is 23.8 Å². The van der Waals surface area contributed by atoms with Gasteiger partial charge in [-0.05, 0) is 123 Å². The number of hydrogen-bond donors (Lipinski definition) is 0. The molecular weight excluding hydrogens is 560 g/mol. The number of esters is 1. The first kappa shape index (κ1) is 37.8. The molecule has 3 saturated carbocycles. The molecule has 4 rings (SSSR count).